The van der Waals surface area contributed by atoms with Gasteiger partial charge in [-0.15, -0.1) is 0 Å². The predicted molar refractivity (Wildman–Crippen MR) is 75.9 cm³/mol. The third-order valence-corrected chi connectivity index (χ3v) is 4.09. The smallest absolute Gasteiger partial charge is 0.337 e. The van der Waals surface area contributed by atoms with Crippen LogP contribution in [-0.4, -0.2) is 46.6 Å². The number of nitrogens with one attached hydrogen (secondary N) is 1. The van der Waals surface area contributed by atoms with Crippen molar-refractivity contribution in [1.82, 2.24) is 4.90 Å². The average Bonchev–Trinajstić information content (AvgIpc) is 2.71. The van der Waals surface area contributed by atoms with Crippen molar-refractivity contribution in [3.05, 3.63) is 29.3 Å². The number of aromatic carboxylic acids is 1. The van der Waals surface area contributed by atoms with E-state index in [1.807, 2.05) is 0 Å². The van der Waals surface area contributed by atoms with Gasteiger partial charge in [0, 0.05) is 24.9 Å². The molecular weight excluding hydrogens is 302 g/mol. The molecule has 21 heavy (non-hydrogen) atoms. The Labute approximate surface area is 124 Å². The molecule has 2 rings (SSSR count). The zero-order chi connectivity index (χ0) is 15.4. The number of halogens is 2. The fraction of sp³-hybridized carbons (Fsp3) is 0.385. The second-order valence-corrected chi connectivity index (χ2v) is 5.72. The molecule has 1 fully saturated rings. The number of benzene rings is 1. The Kier molecular flexibility index (Phi) is 5.00. The third-order valence-electron chi connectivity index (χ3n) is 3.04. The molecule has 114 valence electrons. The van der Waals surface area contributed by atoms with E-state index in [9.17, 15) is 18.4 Å². The molecule has 8 heteroatoms. The summed E-state index contributed by atoms with van der Waals surface area (Å²) >= 11 is 1.73. The molecule has 0 atom stereocenters. The molecule has 0 radical (unpaired) electrons. The van der Waals surface area contributed by atoms with Gasteiger partial charge in [0.05, 0.1) is 11.3 Å². The summed E-state index contributed by atoms with van der Waals surface area (Å²) < 4.78 is 26.3. The summed E-state index contributed by atoms with van der Waals surface area (Å²) in [5, 5.41) is 11.3. The summed E-state index contributed by atoms with van der Waals surface area (Å²) in [4.78, 5) is 24.7. The van der Waals surface area contributed by atoms with Gasteiger partial charge in [-0.1, -0.05) is 0 Å². The topological polar surface area (TPSA) is 69.6 Å². The molecule has 0 unspecified atom stereocenters. The maximum absolute atomic E-state index is 13.2. The van der Waals surface area contributed by atoms with Crippen LogP contribution in [0, 0.1) is 11.6 Å². The van der Waals surface area contributed by atoms with Crippen LogP contribution < -0.4 is 5.32 Å². The molecule has 1 aromatic carbocycles. The van der Waals surface area contributed by atoms with Crippen molar-refractivity contribution in [2.24, 2.45) is 0 Å². The number of thioether (sulfide) groups is 1. The molecule has 1 saturated heterocycles. The number of carboxylic acid groups (broad SMARTS) is 1. The van der Waals surface area contributed by atoms with Gasteiger partial charge in [0.2, 0.25) is 0 Å². The summed E-state index contributed by atoms with van der Waals surface area (Å²) in [6.07, 6.45) is 0.835. The lowest BCUT2D eigenvalue weighted by molar-refractivity contribution is 0.0697. The van der Waals surface area contributed by atoms with Crippen molar-refractivity contribution in [1.29, 1.82) is 0 Å². The summed E-state index contributed by atoms with van der Waals surface area (Å²) in [7, 11) is 0. The fourth-order valence-electron chi connectivity index (χ4n) is 1.97. The van der Waals surface area contributed by atoms with Gasteiger partial charge in [-0.2, -0.15) is 11.8 Å². The first-order chi connectivity index (χ1) is 9.99. The fourth-order valence-corrected chi connectivity index (χ4v) is 2.86. The van der Waals surface area contributed by atoms with Crippen LogP contribution in [0.3, 0.4) is 0 Å². The van der Waals surface area contributed by atoms with Gasteiger partial charge in [0.25, 0.3) is 0 Å². The van der Waals surface area contributed by atoms with Crippen molar-refractivity contribution in [3.63, 3.8) is 0 Å². The number of hydrogen-bond donors (Lipinski definition) is 2. The molecule has 0 aromatic heterocycles. The highest BCUT2D eigenvalue weighted by molar-refractivity contribution is 7.99. The minimum Gasteiger partial charge on any atom is -0.478 e. The third kappa shape index (κ3) is 3.84. The van der Waals surface area contributed by atoms with Gasteiger partial charge in [0.1, 0.15) is 0 Å². The number of hydrogen-bond acceptors (Lipinski definition) is 3. The highest BCUT2D eigenvalue weighted by atomic mass is 32.2. The summed E-state index contributed by atoms with van der Waals surface area (Å²) in [6, 6.07) is 0.737. The Bertz CT molecular complexity index is 561. The first-order valence-electron chi connectivity index (χ1n) is 6.35. The van der Waals surface area contributed by atoms with E-state index in [0.717, 1.165) is 17.9 Å². The van der Waals surface area contributed by atoms with E-state index in [0.29, 0.717) is 25.2 Å². The number of nitrogens with zero attached hydrogens (tertiary/aromatic N) is 1. The normalized spacial score (nSPS) is 15.4. The minimum absolute atomic E-state index is 0.247. The van der Waals surface area contributed by atoms with Crippen LogP contribution in [0.4, 0.5) is 19.3 Å². The van der Waals surface area contributed by atoms with Crippen LogP contribution in [0.15, 0.2) is 12.1 Å². The van der Waals surface area contributed by atoms with Crippen LogP contribution >= 0.6 is 11.8 Å². The first-order valence-corrected chi connectivity index (χ1v) is 7.50. The Morgan fingerprint density at radius 1 is 1.19 bits per heavy atom. The van der Waals surface area contributed by atoms with Crippen molar-refractivity contribution in [2.75, 3.05) is 29.9 Å². The first kappa shape index (κ1) is 15.6. The maximum atomic E-state index is 13.2. The molecule has 1 aromatic rings. The number of rotatable bonds is 2. The number of urea groups is 1. The van der Waals surface area contributed by atoms with Crippen molar-refractivity contribution < 1.29 is 23.5 Å². The second kappa shape index (κ2) is 6.75. The van der Waals surface area contributed by atoms with E-state index in [4.69, 9.17) is 5.11 Å². The lowest BCUT2D eigenvalue weighted by Gasteiger charge is -2.21. The zero-order valence-electron chi connectivity index (χ0n) is 11.1. The van der Waals surface area contributed by atoms with Gasteiger partial charge in [-0.3, -0.25) is 0 Å². The predicted octanol–water partition coefficient (Wildman–Crippen LogP) is 2.63. The van der Waals surface area contributed by atoms with Gasteiger partial charge in [0.15, 0.2) is 11.6 Å². The molecule has 2 amide bonds. The quantitative estimate of drug-likeness (QED) is 0.880. The standard InChI is InChI=1S/C13H14F2N2O3S/c14-9-6-8(12(18)19)11(7-10(9)15)16-13(20)17-2-1-4-21-5-3-17/h6-7H,1-5H2,(H,16,20)(H,18,19). The minimum atomic E-state index is -1.43. The van der Waals surface area contributed by atoms with E-state index in [1.165, 1.54) is 4.90 Å². The Morgan fingerprint density at radius 2 is 1.90 bits per heavy atom. The highest BCUT2D eigenvalue weighted by Crippen LogP contribution is 2.21. The summed E-state index contributed by atoms with van der Waals surface area (Å²) in [5.74, 6) is -2.17. The van der Waals surface area contributed by atoms with E-state index < -0.39 is 29.2 Å². The number of carbonyl (C=O) groups is 2. The molecule has 0 saturated carbocycles. The van der Waals surface area contributed by atoms with Gasteiger partial charge >= 0.3 is 12.0 Å². The Hall–Kier alpha value is -1.83. The lowest BCUT2D eigenvalue weighted by Crippen LogP contribution is -2.36. The largest absolute Gasteiger partial charge is 0.478 e. The lowest BCUT2D eigenvalue weighted by atomic mass is 10.1. The van der Waals surface area contributed by atoms with Crippen molar-refractivity contribution in [3.8, 4) is 0 Å². The molecule has 1 heterocycles. The Morgan fingerprint density at radius 3 is 2.62 bits per heavy atom. The molecular formula is C13H14F2N2O3S. The zero-order valence-corrected chi connectivity index (χ0v) is 11.9. The van der Waals surface area contributed by atoms with Crippen LogP contribution in [0.2, 0.25) is 0 Å². The number of carbonyl (C=O) groups excluding carboxylic acids is 1. The molecule has 1 aliphatic heterocycles. The van der Waals surface area contributed by atoms with Crippen molar-refractivity contribution in [2.45, 2.75) is 6.42 Å². The van der Waals surface area contributed by atoms with Crippen molar-refractivity contribution >= 4 is 29.4 Å². The molecule has 1 aliphatic rings. The van der Waals surface area contributed by atoms with Crippen LogP contribution in [0.1, 0.15) is 16.8 Å². The van der Waals surface area contributed by atoms with E-state index in [1.54, 1.807) is 11.8 Å². The molecule has 0 bridgehead atoms. The molecule has 0 aliphatic carbocycles. The molecule has 0 spiro atoms. The maximum Gasteiger partial charge on any atom is 0.337 e. The van der Waals surface area contributed by atoms with E-state index >= 15 is 0 Å². The van der Waals surface area contributed by atoms with Gasteiger partial charge in [-0.05, 0) is 18.2 Å². The number of amides is 2. The summed E-state index contributed by atoms with van der Waals surface area (Å²) in [5.41, 5.74) is -0.727. The number of carboxylic acids is 1. The molecule has 5 nitrogen and oxygen atoms in total. The van der Waals surface area contributed by atoms with E-state index in [-0.39, 0.29) is 5.69 Å². The number of anilines is 1. The van der Waals surface area contributed by atoms with Crippen LogP contribution in [0.5, 0.6) is 0 Å². The monoisotopic (exact) mass is 316 g/mol. The Balaban J connectivity index is 2.19. The average molecular weight is 316 g/mol. The van der Waals surface area contributed by atoms with E-state index in [2.05, 4.69) is 5.32 Å². The second-order valence-electron chi connectivity index (χ2n) is 4.50. The SMILES string of the molecule is O=C(O)c1cc(F)c(F)cc1NC(=O)N1CCCSCC1. The summed E-state index contributed by atoms with van der Waals surface area (Å²) in [6.45, 7) is 1.08. The van der Waals surface area contributed by atoms with Gasteiger partial charge < -0.3 is 15.3 Å². The molecule has 2 N–H and O–H groups in total. The van der Waals surface area contributed by atoms with Crippen LogP contribution in [0.25, 0.3) is 0 Å². The van der Waals surface area contributed by atoms with Crippen LogP contribution in [-0.2, 0) is 0 Å². The highest BCUT2D eigenvalue weighted by Gasteiger charge is 2.20. The van der Waals surface area contributed by atoms with Gasteiger partial charge in [-0.25, -0.2) is 18.4 Å².